The average Bonchev–Trinajstić information content (AvgIpc) is 2.35. The van der Waals surface area contributed by atoms with Gasteiger partial charge in [0.15, 0.2) is 0 Å². The van der Waals surface area contributed by atoms with E-state index >= 15 is 0 Å². The summed E-state index contributed by atoms with van der Waals surface area (Å²) in [6, 6.07) is 0. The van der Waals surface area contributed by atoms with Gasteiger partial charge in [-0.1, -0.05) is 45.2 Å². The first-order valence-electron chi connectivity index (χ1n) is 7.31. The zero-order valence-corrected chi connectivity index (χ0v) is 17.9. The second kappa shape index (κ2) is 7.83. The summed E-state index contributed by atoms with van der Waals surface area (Å²) in [5.74, 6) is -2.84. The minimum absolute atomic E-state index is 0.183. The summed E-state index contributed by atoms with van der Waals surface area (Å²) in [7, 11) is 0. The Balaban J connectivity index is 2.79. The molecule has 0 aliphatic heterocycles. The molecule has 0 aromatic heterocycles. The highest BCUT2D eigenvalue weighted by molar-refractivity contribution is 14.1. The van der Waals surface area contributed by atoms with Crippen molar-refractivity contribution >= 4 is 63.1 Å². The number of esters is 2. The van der Waals surface area contributed by atoms with Crippen molar-refractivity contribution in [1.82, 2.24) is 0 Å². The smallest absolute Gasteiger partial charge is 0.321 e. The van der Waals surface area contributed by atoms with E-state index in [1.807, 2.05) is 45.2 Å². The van der Waals surface area contributed by atoms with Crippen molar-refractivity contribution in [2.45, 2.75) is 66.0 Å². The van der Waals surface area contributed by atoms with E-state index < -0.39 is 42.9 Å². The summed E-state index contributed by atoms with van der Waals surface area (Å²) >= 11 is 3.93. The number of carbonyl (C=O) groups is 3. The first-order valence-corrected chi connectivity index (χ1v) is 9.47. The van der Waals surface area contributed by atoms with Gasteiger partial charge in [0, 0.05) is 18.3 Å². The van der Waals surface area contributed by atoms with Crippen LogP contribution >= 0.6 is 45.2 Å². The summed E-state index contributed by atoms with van der Waals surface area (Å²) < 4.78 is 9.39. The van der Waals surface area contributed by atoms with Crippen LogP contribution in [-0.2, 0) is 23.9 Å². The molecule has 23 heavy (non-hydrogen) atoms. The van der Waals surface area contributed by atoms with Gasteiger partial charge in [-0.15, -0.1) is 0 Å². The van der Waals surface area contributed by atoms with Crippen LogP contribution in [0.25, 0.3) is 0 Å². The Bertz CT molecular complexity index is 441. The monoisotopic (exact) mass is 551 g/mol. The molecule has 2 unspecified atom stereocenters. The fourth-order valence-electron chi connectivity index (χ4n) is 2.18. The molecule has 0 saturated heterocycles. The molecule has 0 amide bonds. The Morgan fingerprint density at radius 1 is 0.870 bits per heavy atom. The molecule has 132 valence electrons. The third kappa shape index (κ3) is 6.71. The number of carboxylic acids is 1. The number of halogens is 2. The molecule has 2 atom stereocenters. The topological polar surface area (TPSA) is 92.7 Å². The molecule has 6 nitrogen and oxygen atoms in total. The zero-order chi connectivity index (χ0) is 18.0. The summed E-state index contributed by atoms with van der Waals surface area (Å²) in [4.78, 5) is 35.2. The van der Waals surface area contributed by atoms with Crippen molar-refractivity contribution in [3.05, 3.63) is 0 Å². The van der Waals surface area contributed by atoms with Crippen LogP contribution in [-0.4, -0.2) is 37.0 Å². The summed E-state index contributed by atoms with van der Waals surface area (Å²) in [5, 5.41) is 11.2. The number of hydrogen-bond donors (Lipinski definition) is 0. The number of carboxylic acid groups (broad SMARTS) is 1. The van der Waals surface area contributed by atoms with E-state index in [0.29, 0.717) is 6.42 Å². The van der Waals surface area contributed by atoms with Gasteiger partial charge in [0.25, 0.3) is 0 Å². The molecule has 0 aromatic rings. The third-order valence-corrected chi connectivity index (χ3v) is 4.35. The zero-order valence-electron chi connectivity index (χ0n) is 13.6. The van der Waals surface area contributed by atoms with E-state index in [2.05, 4.69) is 0 Å². The van der Waals surface area contributed by atoms with E-state index in [4.69, 9.17) is 9.47 Å². The largest absolute Gasteiger partial charge is 0.550 e. The van der Waals surface area contributed by atoms with Gasteiger partial charge in [-0.3, -0.25) is 9.59 Å². The number of alkyl halides is 2. The highest BCUT2D eigenvalue weighted by atomic mass is 127. The lowest BCUT2D eigenvalue weighted by molar-refractivity contribution is -0.314. The van der Waals surface area contributed by atoms with Gasteiger partial charge >= 0.3 is 11.9 Å². The van der Waals surface area contributed by atoms with E-state index in [9.17, 15) is 19.5 Å². The lowest BCUT2D eigenvalue weighted by Crippen LogP contribution is -2.45. The summed E-state index contributed by atoms with van der Waals surface area (Å²) in [6.07, 6.45) is -0.516. The van der Waals surface area contributed by atoms with Gasteiger partial charge in [-0.2, -0.15) is 0 Å². The first-order chi connectivity index (χ1) is 10.3. The molecule has 0 radical (unpaired) electrons. The van der Waals surface area contributed by atoms with Crippen LogP contribution in [0.1, 0.15) is 47.0 Å². The SMILES string of the molecule is CC(C)(I)C(=O)OC1CC(OC(=O)C(C)(C)I)CC(C(=O)[O-])C1. The number of carbonyl (C=O) groups excluding carboxylic acids is 3. The Kier molecular flexibility index (Phi) is 7.12. The molecule has 1 rings (SSSR count). The Hall–Kier alpha value is -0.130. The van der Waals surface area contributed by atoms with Crippen LogP contribution in [0.2, 0.25) is 0 Å². The standard InChI is InChI=1S/C15H22I2O6/c1-14(2,16)12(20)22-9-5-8(11(18)19)6-10(7-9)23-13(21)15(3,4)17/h8-10H,5-7H2,1-4H3,(H,18,19)/p-1. The molecule has 0 bridgehead atoms. The van der Waals surface area contributed by atoms with E-state index in [1.165, 1.54) is 0 Å². The number of rotatable bonds is 5. The van der Waals surface area contributed by atoms with E-state index in [0.717, 1.165) is 0 Å². The van der Waals surface area contributed by atoms with Crippen molar-refractivity contribution in [3.63, 3.8) is 0 Å². The second-order valence-corrected chi connectivity index (χ2v) is 12.1. The quantitative estimate of drug-likeness (QED) is 0.294. The second-order valence-electron chi connectivity index (χ2n) is 6.72. The number of aliphatic carboxylic acids is 1. The highest BCUT2D eigenvalue weighted by Crippen LogP contribution is 2.32. The van der Waals surface area contributed by atoms with Gasteiger partial charge in [-0.25, -0.2) is 0 Å². The fourth-order valence-corrected chi connectivity index (χ4v) is 2.44. The fraction of sp³-hybridized carbons (Fsp3) is 0.800. The van der Waals surface area contributed by atoms with Gasteiger partial charge in [0.1, 0.15) is 19.1 Å². The van der Waals surface area contributed by atoms with Crippen molar-refractivity contribution in [1.29, 1.82) is 0 Å². The maximum Gasteiger partial charge on any atom is 0.321 e. The van der Waals surface area contributed by atoms with Crippen LogP contribution in [0.5, 0.6) is 0 Å². The molecular weight excluding hydrogens is 530 g/mol. The van der Waals surface area contributed by atoms with Crippen LogP contribution in [0, 0.1) is 5.92 Å². The lowest BCUT2D eigenvalue weighted by atomic mass is 9.85. The molecular formula is C15H21I2O6-. The Morgan fingerprint density at radius 3 is 1.48 bits per heavy atom. The Labute approximate surface area is 163 Å². The van der Waals surface area contributed by atoms with Gasteiger partial charge in [0.05, 0.1) is 0 Å². The molecule has 0 spiro atoms. The van der Waals surface area contributed by atoms with Crippen molar-refractivity contribution < 1.29 is 29.0 Å². The Morgan fingerprint density at radius 2 is 1.22 bits per heavy atom. The van der Waals surface area contributed by atoms with Crippen molar-refractivity contribution in [2.75, 3.05) is 0 Å². The molecule has 0 N–H and O–H groups in total. The maximum absolute atomic E-state index is 12.0. The van der Waals surface area contributed by atoms with Gasteiger partial charge < -0.3 is 19.4 Å². The lowest BCUT2D eigenvalue weighted by Gasteiger charge is -2.36. The molecule has 0 heterocycles. The third-order valence-electron chi connectivity index (χ3n) is 3.47. The number of hydrogen-bond acceptors (Lipinski definition) is 6. The van der Waals surface area contributed by atoms with E-state index in [-0.39, 0.29) is 12.8 Å². The van der Waals surface area contributed by atoms with Crippen LogP contribution in [0.15, 0.2) is 0 Å². The van der Waals surface area contributed by atoms with Gasteiger partial charge in [0.2, 0.25) is 0 Å². The molecule has 0 aromatic carbocycles. The summed E-state index contributed by atoms with van der Waals surface area (Å²) in [5.41, 5.74) is 0. The molecule has 8 heteroatoms. The minimum atomic E-state index is -1.21. The van der Waals surface area contributed by atoms with Crippen LogP contribution < -0.4 is 5.11 Å². The molecule has 1 aliphatic carbocycles. The molecule has 1 saturated carbocycles. The average molecular weight is 551 g/mol. The summed E-state index contributed by atoms with van der Waals surface area (Å²) in [6.45, 7) is 6.85. The maximum atomic E-state index is 12.0. The normalized spacial score (nSPS) is 25.6. The number of ether oxygens (including phenoxy) is 2. The van der Waals surface area contributed by atoms with Crippen LogP contribution in [0.3, 0.4) is 0 Å². The van der Waals surface area contributed by atoms with Crippen LogP contribution in [0.4, 0.5) is 0 Å². The van der Waals surface area contributed by atoms with Crippen molar-refractivity contribution in [3.8, 4) is 0 Å². The first kappa shape index (κ1) is 20.9. The highest BCUT2D eigenvalue weighted by Gasteiger charge is 2.38. The minimum Gasteiger partial charge on any atom is -0.550 e. The predicted molar refractivity (Wildman–Crippen MR) is 98.3 cm³/mol. The molecule has 1 aliphatic rings. The predicted octanol–water partition coefficient (Wildman–Crippen LogP) is 1.79. The van der Waals surface area contributed by atoms with Gasteiger partial charge in [-0.05, 0) is 40.5 Å². The molecule has 1 fully saturated rings. The van der Waals surface area contributed by atoms with E-state index in [1.54, 1.807) is 27.7 Å². The van der Waals surface area contributed by atoms with Crippen molar-refractivity contribution in [2.24, 2.45) is 5.92 Å².